The minimum absolute atomic E-state index is 0.203. The lowest BCUT2D eigenvalue weighted by atomic mass is 10.1. The Morgan fingerprint density at radius 1 is 1.31 bits per heavy atom. The Balaban J connectivity index is 2.33. The van der Waals surface area contributed by atoms with Crippen molar-refractivity contribution in [2.75, 3.05) is 0 Å². The lowest BCUT2D eigenvalue weighted by Crippen LogP contribution is -1.96. The second-order valence-corrected chi connectivity index (χ2v) is 2.95. The van der Waals surface area contributed by atoms with Crippen LogP contribution < -0.4 is 0 Å². The van der Waals surface area contributed by atoms with Gasteiger partial charge in [0.25, 0.3) is 0 Å². The molecule has 13 heavy (non-hydrogen) atoms. The molecule has 2 heterocycles. The van der Waals surface area contributed by atoms with Crippen LogP contribution in [0.5, 0.6) is 0 Å². The van der Waals surface area contributed by atoms with Gasteiger partial charge in [-0.05, 0) is 23.7 Å². The third-order valence-electron chi connectivity index (χ3n) is 1.80. The van der Waals surface area contributed by atoms with Crippen molar-refractivity contribution in [3.8, 4) is 0 Å². The van der Waals surface area contributed by atoms with Crippen molar-refractivity contribution in [2.24, 2.45) is 0 Å². The molecule has 0 bridgehead atoms. The van der Waals surface area contributed by atoms with Crippen molar-refractivity contribution in [1.29, 1.82) is 0 Å². The Labute approximate surface area is 79.5 Å². The minimum atomic E-state index is -0.787. The normalized spacial score (nSPS) is 13.1. The summed E-state index contributed by atoms with van der Waals surface area (Å²) in [6.45, 7) is 0. The molecule has 0 aliphatic carbocycles. The highest BCUT2D eigenvalue weighted by atomic mass is 35.5. The topological polar surface area (TPSA) is 46.5 Å². The van der Waals surface area contributed by atoms with Crippen molar-refractivity contribution >= 4 is 11.6 Å². The van der Waals surface area contributed by atoms with E-state index in [9.17, 15) is 5.11 Å². The molecule has 2 aromatic heterocycles. The van der Waals surface area contributed by atoms with E-state index in [-0.39, 0.29) is 5.22 Å². The first-order valence-electron chi connectivity index (χ1n) is 3.72. The van der Waals surface area contributed by atoms with Crippen molar-refractivity contribution in [1.82, 2.24) is 0 Å². The van der Waals surface area contributed by atoms with Gasteiger partial charge in [0.1, 0.15) is 6.10 Å². The van der Waals surface area contributed by atoms with E-state index in [1.54, 1.807) is 12.1 Å². The number of rotatable bonds is 2. The smallest absolute Gasteiger partial charge is 0.199 e. The van der Waals surface area contributed by atoms with Crippen LogP contribution >= 0.6 is 11.6 Å². The van der Waals surface area contributed by atoms with Gasteiger partial charge in [0.2, 0.25) is 0 Å². The van der Waals surface area contributed by atoms with Crippen LogP contribution in [0.1, 0.15) is 17.2 Å². The van der Waals surface area contributed by atoms with Crippen LogP contribution in [-0.2, 0) is 0 Å². The van der Waals surface area contributed by atoms with E-state index in [0.717, 1.165) is 0 Å². The highest BCUT2D eigenvalue weighted by Gasteiger charge is 2.16. The molecule has 0 aromatic carbocycles. The van der Waals surface area contributed by atoms with E-state index in [1.165, 1.54) is 18.8 Å². The highest BCUT2D eigenvalue weighted by Crippen LogP contribution is 2.28. The minimum Gasteiger partial charge on any atom is -0.472 e. The molecule has 0 aliphatic heterocycles. The molecule has 0 aliphatic rings. The van der Waals surface area contributed by atoms with Crippen molar-refractivity contribution in [2.45, 2.75) is 6.10 Å². The molecule has 1 N–H and O–H groups in total. The molecular formula is C9H7ClO3. The van der Waals surface area contributed by atoms with Crippen LogP contribution in [0.2, 0.25) is 5.22 Å². The molecule has 1 unspecified atom stereocenters. The quantitative estimate of drug-likeness (QED) is 0.807. The van der Waals surface area contributed by atoms with Crippen LogP contribution in [0.3, 0.4) is 0 Å². The summed E-state index contributed by atoms with van der Waals surface area (Å²) in [7, 11) is 0. The molecule has 0 spiro atoms. The third-order valence-corrected chi connectivity index (χ3v) is 2.11. The Morgan fingerprint density at radius 3 is 2.69 bits per heavy atom. The molecule has 2 aromatic rings. The van der Waals surface area contributed by atoms with E-state index in [1.807, 2.05) is 0 Å². The summed E-state index contributed by atoms with van der Waals surface area (Å²) in [6, 6.07) is 3.30. The van der Waals surface area contributed by atoms with Gasteiger partial charge in [0.05, 0.1) is 18.8 Å². The maximum Gasteiger partial charge on any atom is 0.199 e. The maximum atomic E-state index is 9.75. The second kappa shape index (κ2) is 3.28. The Hall–Kier alpha value is -1.19. The Kier molecular flexibility index (Phi) is 2.12. The van der Waals surface area contributed by atoms with Gasteiger partial charge in [-0.15, -0.1) is 0 Å². The molecule has 0 fully saturated rings. The van der Waals surface area contributed by atoms with Crippen LogP contribution in [0.25, 0.3) is 0 Å². The number of halogens is 1. The van der Waals surface area contributed by atoms with Gasteiger partial charge >= 0.3 is 0 Å². The van der Waals surface area contributed by atoms with E-state index in [0.29, 0.717) is 11.1 Å². The summed E-state index contributed by atoms with van der Waals surface area (Å²) in [6.07, 6.45) is 3.60. The third kappa shape index (κ3) is 1.48. The molecule has 0 radical (unpaired) electrons. The number of hydrogen-bond acceptors (Lipinski definition) is 3. The fourth-order valence-corrected chi connectivity index (χ4v) is 1.33. The number of hydrogen-bond donors (Lipinski definition) is 1. The zero-order valence-electron chi connectivity index (χ0n) is 6.61. The fourth-order valence-electron chi connectivity index (χ4n) is 1.11. The summed E-state index contributed by atoms with van der Waals surface area (Å²) >= 11 is 5.69. The van der Waals surface area contributed by atoms with Crippen LogP contribution in [0, 0.1) is 0 Å². The lowest BCUT2D eigenvalue weighted by Gasteiger charge is -2.04. The van der Waals surface area contributed by atoms with E-state index >= 15 is 0 Å². The summed E-state index contributed by atoms with van der Waals surface area (Å²) in [5.41, 5.74) is 1.20. The van der Waals surface area contributed by atoms with Gasteiger partial charge in [-0.3, -0.25) is 0 Å². The van der Waals surface area contributed by atoms with Crippen LogP contribution in [-0.4, -0.2) is 5.11 Å². The zero-order chi connectivity index (χ0) is 9.26. The van der Waals surface area contributed by atoms with Crippen molar-refractivity contribution in [3.63, 3.8) is 0 Å². The molecule has 68 valence electrons. The predicted octanol–water partition coefficient (Wildman–Crippen LogP) is 2.61. The molecule has 4 heteroatoms. The number of furan rings is 2. The van der Waals surface area contributed by atoms with Gasteiger partial charge < -0.3 is 13.9 Å². The van der Waals surface area contributed by atoms with E-state index in [4.69, 9.17) is 20.4 Å². The molecule has 0 saturated carbocycles. The second-order valence-electron chi connectivity index (χ2n) is 2.61. The van der Waals surface area contributed by atoms with Gasteiger partial charge in [-0.25, -0.2) is 0 Å². The van der Waals surface area contributed by atoms with E-state index < -0.39 is 6.10 Å². The fraction of sp³-hybridized carbons (Fsp3) is 0.111. The summed E-state index contributed by atoms with van der Waals surface area (Å²) in [5, 5.41) is 9.95. The molecule has 0 amide bonds. The van der Waals surface area contributed by atoms with Gasteiger partial charge in [-0.2, -0.15) is 0 Å². The zero-order valence-corrected chi connectivity index (χ0v) is 7.36. The van der Waals surface area contributed by atoms with Gasteiger partial charge in [0.15, 0.2) is 5.22 Å². The standard InChI is InChI=1S/C9H7ClO3/c10-9-7(2-4-13-9)8(11)6-1-3-12-5-6/h1-5,8,11H. The SMILES string of the molecule is OC(c1ccoc1)c1ccoc1Cl. The number of aliphatic hydroxyl groups excluding tert-OH is 1. The Morgan fingerprint density at radius 2 is 2.15 bits per heavy atom. The molecule has 2 rings (SSSR count). The molecule has 1 atom stereocenters. The van der Waals surface area contributed by atoms with Crippen LogP contribution in [0.15, 0.2) is 39.8 Å². The van der Waals surface area contributed by atoms with Gasteiger partial charge in [-0.1, -0.05) is 0 Å². The van der Waals surface area contributed by atoms with Crippen molar-refractivity contribution in [3.05, 3.63) is 47.3 Å². The summed E-state index contributed by atoms with van der Waals surface area (Å²) in [4.78, 5) is 0. The maximum absolute atomic E-state index is 9.75. The monoisotopic (exact) mass is 198 g/mol. The summed E-state index contributed by atoms with van der Waals surface area (Å²) in [5.74, 6) is 0. The number of aliphatic hydroxyl groups is 1. The largest absolute Gasteiger partial charge is 0.472 e. The molecule has 0 saturated heterocycles. The first-order chi connectivity index (χ1) is 6.29. The molecular weight excluding hydrogens is 192 g/mol. The predicted molar refractivity (Wildman–Crippen MR) is 46.5 cm³/mol. The Bertz CT molecular complexity index is 377. The first-order valence-corrected chi connectivity index (χ1v) is 4.10. The lowest BCUT2D eigenvalue weighted by molar-refractivity contribution is 0.218. The van der Waals surface area contributed by atoms with E-state index in [2.05, 4.69) is 0 Å². The van der Waals surface area contributed by atoms with Gasteiger partial charge in [0, 0.05) is 11.1 Å². The van der Waals surface area contributed by atoms with Crippen molar-refractivity contribution < 1.29 is 13.9 Å². The highest BCUT2D eigenvalue weighted by molar-refractivity contribution is 6.29. The first kappa shape index (κ1) is 8.41. The van der Waals surface area contributed by atoms with Crippen LogP contribution in [0.4, 0.5) is 0 Å². The average Bonchev–Trinajstić information content (AvgIpc) is 2.72. The average molecular weight is 199 g/mol. The molecule has 3 nitrogen and oxygen atoms in total. The summed E-state index contributed by atoms with van der Waals surface area (Å²) < 4.78 is 9.70.